The Kier molecular flexibility index (Phi) is 4.52. The first-order valence-electron chi connectivity index (χ1n) is 7.39. The zero-order valence-corrected chi connectivity index (χ0v) is 14.3. The highest BCUT2D eigenvalue weighted by atomic mass is 32.2. The Morgan fingerprint density at radius 1 is 1.22 bits per heavy atom. The topological polar surface area (TPSA) is 75.3 Å². The number of hydrogen-bond donors (Lipinski definition) is 2. The first-order valence-corrected chi connectivity index (χ1v) is 9.75. The van der Waals surface area contributed by atoms with Crippen molar-refractivity contribution in [3.05, 3.63) is 46.7 Å². The number of amides is 1. The van der Waals surface area contributed by atoms with Crippen molar-refractivity contribution in [1.82, 2.24) is 4.72 Å². The van der Waals surface area contributed by atoms with Crippen LogP contribution in [0.3, 0.4) is 0 Å². The molecule has 1 aromatic carbocycles. The highest BCUT2D eigenvalue weighted by Crippen LogP contribution is 2.43. The molecular weight excluding hydrogens is 332 g/mol. The van der Waals surface area contributed by atoms with E-state index < -0.39 is 10.0 Å². The molecule has 1 amide bonds. The summed E-state index contributed by atoms with van der Waals surface area (Å²) in [6.07, 6.45) is 2.10. The first kappa shape index (κ1) is 16.2. The van der Waals surface area contributed by atoms with E-state index in [9.17, 15) is 13.2 Å². The van der Waals surface area contributed by atoms with Gasteiger partial charge in [-0.1, -0.05) is 6.07 Å². The summed E-state index contributed by atoms with van der Waals surface area (Å²) in [6, 6.07) is 9.94. The van der Waals surface area contributed by atoms with E-state index in [1.54, 1.807) is 23.5 Å². The van der Waals surface area contributed by atoms with Gasteiger partial charge in [-0.15, -0.1) is 11.3 Å². The third-order valence-corrected chi connectivity index (χ3v) is 6.12. The van der Waals surface area contributed by atoms with Crippen molar-refractivity contribution >= 4 is 33.0 Å². The van der Waals surface area contributed by atoms with Crippen LogP contribution in [0.4, 0.5) is 5.69 Å². The van der Waals surface area contributed by atoms with Crippen molar-refractivity contribution in [3.8, 4) is 0 Å². The summed E-state index contributed by atoms with van der Waals surface area (Å²) in [6.45, 7) is 1.41. The highest BCUT2D eigenvalue weighted by Gasteiger charge is 2.35. The van der Waals surface area contributed by atoms with Crippen LogP contribution in [0, 0.1) is 5.92 Å². The SMILES string of the molecule is CC(=O)Nc1ccc(S(=O)(=O)N[C@@H](c2cccs2)C2CC2)cc1. The second kappa shape index (κ2) is 6.43. The van der Waals surface area contributed by atoms with Crippen LogP contribution >= 0.6 is 11.3 Å². The number of carbonyl (C=O) groups excluding carboxylic acids is 1. The molecule has 0 aliphatic heterocycles. The van der Waals surface area contributed by atoms with Crippen LogP contribution < -0.4 is 10.0 Å². The van der Waals surface area contributed by atoms with Crippen molar-refractivity contribution in [2.75, 3.05) is 5.32 Å². The summed E-state index contributed by atoms with van der Waals surface area (Å²) in [7, 11) is -3.59. The molecule has 0 unspecified atom stereocenters. The summed E-state index contributed by atoms with van der Waals surface area (Å²) in [5.74, 6) is 0.187. The van der Waals surface area contributed by atoms with Crippen LogP contribution in [0.25, 0.3) is 0 Å². The number of sulfonamides is 1. The Labute approximate surface area is 139 Å². The van der Waals surface area contributed by atoms with Gasteiger partial charge in [-0.05, 0) is 54.5 Å². The Morgan fingerprint density at radius 2 is 1.91 bits per heavy atom. The lowest BCUT2D eigenvalue weighted by atomic mass is 10.2. The van der Waals surface area contributed by atoms with Gasteiger partial charge in [-0.25, -0.2) is 13.1 Å². The number of hydrogen-bond acceptors (Lipinski definition) is 4. The average Bonchev–Trinajstić information content (AvgIpc) is 3.19. The van der Waals surface area contributed by atoms with E-state index in [0.29, 0.717) is 11.6 Å². The van der Waals surface area contributed by atoms with Gasteiger partial charge in [-0.3, -0.25) is 4.79 Å². The lowest BCUT2D eigenvalue weighted by Crippen LogP contribution is -2.29. The minimum atomic E-state index is -3.59. The molecule has 1 atom stereocenters. The molecule has 3 rings (SSSR count). The smallest absolute Gasteiger partial charge is 0.241 e. The van der Waals surface area contributed by atoms with Crippen molar-refractivity contribution in [1.29, 1.82) is 0 Å². The normalized spacial score (nSPS) is 16.0. The number of carbonyl (C=O) groups is 1. The molecule has 7 heteroatoms. The van der Waals surface area contributed by atoms with Crippen LogP contribution in [-0.4, -0.2) is 14.3 Å². The van der Waals surface area contributed by atoms with Crippen LogP contribution in [0.15, 0.2) is 46.7 Å². The maximum absolute atomic E-state index is 12.6. The van der Waals surface area contributed by atoms with E-state index in [-0.39, 0.29) is 16.8 Å². The van der Waals surface area contributed by atoms with Gasteiger partial charge in [0.05, 0.1) is 10.9 Å². The number of nitrogens with one attached hydrogen (secondary N) is 2. The molecule has 0 spiro atoms. The van der Waals surface area contributed by atoms with E-state index >= 15 is 0 Å². The Bertz CT molecular complexity index is 779. The van der Waals surface area contributed by atoms with E-state index in [0.717, 1.165) is 17.7 Å². The summed E-state index contributed by atoms with van der Waals surface area (Å²) in [4.78, 5) is 12.3. The molecule has 5 nitrogen and oxygen atoms in total. The quantitative estimate of drug-likeness (QED) is 0.840. The standard InChI is InChI=1S/C16H18N2O3S2/c1-11(19)17-13-6-8-14(9-7-13)23(20,21)18-16(12-4-5-12)15-3-2-10-22-15/h2-3,6-10,12,16,18H,4-5H2,1H3,(H,17,19)/t16-/m1/s1. The molecule has 1 aliphatic rings. The van der Waals surface area contributed by atoms with Gasteiger partial charge < -0.3 is 5.32 Å². The minimum Gasteiger partial charge on any atom is -0.326 e. The van der Waals surface area contributed by atoms with Gasteiger partial charge in [0.15, 0.2) is 0 Å². The molecule has 2 N–H and O–H groups in total. The number of thiophene rings is 1. The first-order chi connectivity index (χ1) is 11.0. The molecule has 1 heterocycles. The largest absolute Gasteiger partial charge is 0.326 e. The Balaban J connectivity index is 1.79. The predicted octanol–water partition coefficient (Wildman–Crippen LogP) is 3.14. The van der Waals surface area contributed by atoms with E-state index in [2.05, 4.69) is 10.0 Å². The molecule has 0 radical (unpaired) electrons. The molecule has 2 aromatic rings. The third-order valence-electron chi connectivity index (χ3n) is 3.71. The van der Waals surface area contributed by atoms with Gasteiger partial charge in [0.2, 0.25) is 15.9 Å². The highest BCUT2D eigenvalue weighted by molar-refractivity contribution is 7.89. The fourth-order valence-corrected chi connectivity index (χ4v) is 4.67. The number of benzene rings is 1. The Morgan fingerprint density at radius 3 is 2.43 bits per heavy atom. The molecule has 1 aliphatic carbocycles. The van der Waals surface area contributed by atoms with Crippen molar-refractivity contribution < 1.29 is 13.2 Å². The second-order valence-corrected chi connectivity index (χ2v) is 8.35. The number of rotatable bonds is 6. The van der Waals surface area contributed by atoms with Gasteiger partial charge >= 0.3 is 0 Å². The summed E-state index contributed by atoms with van der Waals surface area (Å²) >= 11 is 1.57. The van der Waals surface area contributed by atoms with Gasteiger partial charge in [-0.2, -0.15) is 0 Å². The van der Waals surface area contributed by atoms with Gasteiger partial charge in [0.25, 0.3) is 0 Å². The molecule has 1 saturated carbocycles. The minimum absolute atomic E-state index is 0.157. The fourth-order valence-electron chi connectivity index (χ4n) is 2.44. The van der Waals surface area contributed by atoms with E-state index in [4.69, 9.17) is 0 Å². The number of anilines is 1. The third kappa shape index (κ3) is 3.99. The summed E-state index contributed by atoms with van der Waals surface area (Å²) < 4.78 is 28.0. The van der Waals surface area contributed by atoms with E-state index in [1.807, 2.05) is 17.5 Å². The molecule has 0 bridgehead atoms. The molecule has 23 heavy (non-hydrogen) atoms. The Hall–Kier alpha value is -1.70. The van der Waals surface area contributed by atoms with Crippen LogP contribution in [0.2, 0.25) is 0 Å². The molecule has 1 aromatic heterocycles. The maximum Gasteiger partial charge on any atom is 0.241 e. The molecule has 122 valence electrons. The summed E-state index contributed by atoms with van der Waals surface area (Å²) in [5, 5.41) is 4.58. The molecule has 1 fully saturated rings. The van der Waals surface area contributed by atoms with Gasteiger partial charge in [0, 0.05) is 17.5 Å². The van der Waals surface area contributed by atoms with E-state index in [1.165, 1.54) is 19.1 Å². The maximum atomic E-state index is 12.6. The zero-order chi connectivity index (χ0) is 16.4. The summed E-state index contributed by atoms with van der Waals surface area (Å²) in [5.41, 5.74) is 0.577. The van der Waals surface area contributed by atoms with Crippen molar-refractivity contribution in [2.45, 2.75) is 30.7 Å². The van der Waals surface area contributed by atoms with Crippen LogP contribution in [0.5, 0.6) is 0 Å². The van der Waals surface area contributed by atoms with Crippen LogP contribution in [-0.2, 0) is 14.8 Å². The fraction of sp³-hybridized carbons (Fsp3) is 0.312. The van der Waals surface area contributed by atoms with Crippen molar-refractivity contribution in [2.24, 2.45) is 5.92 Å². The predicted molar refractivity (Wildman–Crippen MR) is 90.9 cm³/mol. The lowest BCUT2D eigenvalue weighted by molar-refractivity contribution is -0.114. The van der Waals surface area contributed by atoms with Crippen LogP contribution in [0.1, 0.15) is 30.7 Å². The zero-order valence-electron chi connectivity index (χ0n) is 12.7. The van der Waals surface area contributed by atoms with Gasteiger partial charge in [0.1, 0.15) is 0 Å². The molecule has 0 saturated heterocycles. The average molecular weight is 350 g/mol. The molecular formula is C16H18N2O3S2. The lowest BCUT2D eigenvalue weighted by Gasteiger charge is -2.17. The second-order valence-electron chi connectivity index (χ2n) is 5.66. The van der Waals surface area contributed by atoms with Crippen molar-refractivity contribution in [3.63, 3.8) is 0 Å². The monoisotopic (exact) mass is 350 g/mol.